The number of hydrogen-bond donors (Lipinski definition) is 1. The molecule has 1 atom stereocenters. The molecule has 1 aromatic carbocycles. The van der Waals surface area contributed by atoms with Crippen molar-refractivity contribution in [3.8, 4) is 11.5 Å². The van der Waals surface area contributed by atoms with Crippen LogP contribution in [0.5, 0.6) is 11.5 Å². The van der Waals surface area contributed by atoms with E-state index in [1.165, 1.54) is 0 Å². The van der Waals surface area contributed by atoms with Gasteiger partial charge < -0.3 is 14.6 Å². The standard InChI is InChI=1S/C13H18O4/c1-8(6-13(14)15)10-7-11(16-3)9(2)5-12(10)17-4/h5,7-8H,6H2,1-4H3,(H,14,15)/t8-/m1/s1. The summed E-state index contributed by atoms with van der Waals surface area (Å²) < 4.78 is 10.5. The van der Waals surface area contributed by atoms with Crippen molar-refractivity contribution in [3.05, 3.63) is 23.3 Å². The highest BCUT2D eigenvalue weighted by atomic mass is 16.5. The third-order valence-corrected chi connectivity index (χ3v) is 2.76. The first-order chi connectivity index (χ1) is 7.99. The normalized spacial score (nSPS) is 12.0. The first-order valence-corrected chi connectivity index (χ1v) is 5.44. The van der Waals surface area contributed by atoms with E-state index in [4.69, 9.17) is 14.6 Å². The molecule has 0 spiro atoms. The summed E-state index contributed by atoms with van der Waals surface area (Å²) in [5.74, 6) is 0.520. The Morgan fingerprint density at radius 2 is 1.88 bits per heavy atom. The zero-order valence-corrected chi connectivity index (χ0v) is 10.6. The minimum Gasteiger partial charge on any atom is -0.496 e. The summed E-state index contributed by atoms with van der Waals surface area (Å²) in [6.07, 6.45) is 0.0720. The topological polar surface area (TPSA) is 55.8 Å². The van der Waals surface area contributed by atoms with Crippen LogP contribution in [0.1, 0.15) is 30.4 Å². The summed E-state index contributed by atoms with van der Waals surface area (Å²) in [5, 5.41) is 8.82. The van der Waals surface area contributed by atoms with Crippen LogP contribution in [0.2, 0.25) is 0 Å². The van der Waals surface area contributed by atoms with Crippen LogP contribution in [0.15, 0.2) is 12.1 Å². The smallest absolute Gasteiger partial charge is 0.303 e. The van der Waals surface area contributed by atoms with Crippen LogP contribution in [0.25, 0.3) is 0 Å². The third-order valence-electron chi connectivity index (χ3n) is 2.76. The number of aryl methyl sites for hydroxylation is 1. The first-order valence-electron chi connectivity index (χ1n) is 5.44. The van der Waals surface area contributed by atoms with Crippen LogP contribution in [-0.4, -0.2) is 25.3 Å². The Morgan fingerprint density at radius 1 is 1.29 bits per heavy atom. The molecule has 0 bridgehead atoms. The maximum atomic E-state index is 10.7. The highest BCUT2D eigenvalue weighted by Gasteiger charge is 2.17. The summed E-state index contributed by atoms with van der Waals surface area (Å²) in [6, 6.07) is 3.72. The molecule has 0 unspecified atom stereocenters. The van der Waals surface area contributed by atoms with Crippen LogP contribution in [0, 0.1) is 6.92 Å². The van der Waals surface area contributed by atoms with Crippen LogP contribution < -0.4 is 9.47 Å². The molecule has 4 heteroatoms. The summed E-state index contributed by atoms with van der Waals surface area (Å²) in [5.41, 5.74) is 1.83. The molecule has 0 fully saturated rings. The Balaban J connectivity index is 3.15. The van der Waals surface area contributed by atoms with E-state index >= 15 is 0 Å². The van der Waals surface area contributed by atoms with Gasteiger partial charge in [-0.1, -0.05) is 6.92 Å². The molecule has 0 radical (unpaired) electrons. The van der Waals surface area contributed by atoms with E-state index in [-0.39, 0.29) is 12.3 Å². The number of rotatable bonds is 5. The number of ether oxygens (including phenoxy) is 2. The van der Waals surface area contributed by atoms with Crippen LogP contribution in [0.3, 0.4) is 0 Å². The van der Waals surface area contributed by atoms with Gasteiger partial charge in [-0.15, -0.1) is 0 Å². The van der Waals surface area contributed by atoms with Crippen molar-refractivity contribution >= 4 is 5.97 Å². The van der Waals surface area contributed by atoms with Crippen molar-refractivity contribution in [1.29, 1.82) is 0 Å². The van der Waals surface area contributed by atoms with E-state index in [1.54, 1.807) is 14.2 Å². The average molecular weight is 238 g/mol. The Hall–Kier alpha value is -1.71. The molecule has 0 amide bonds. The molecule has 0 heterocycles. The molecule has 1 aromatic rings. The van der Waals surface area contributed by atoms with Crippen LogP contribution in [0.4, 0.5) is 0 Å². The van der Waals surface area contributed by atoms with Gasteiger partial charge >= 0.3 is 5.97 Å². The molecular weight excluding hydrogens is 220 g/mol. The van der Waals surface area contributed by atoms with Gasteiger partial charge in [0, 0.05) is 5.56 Å². The predicted molar refractivity (Wildman–Crippen MR) is 65.0 cm³/mol. The maximum Gasteiger partial charge on any atom is 0.303 e. The van der Waals surface area contributed by atoms with Crippen molar-refractivity contribution in [2.45, 2.75) is 26.2 Å². The molecular formula is C13H18O4. The number of carboxylic acid groups (broad SMARTS) is 1. The first kappa shape index (κ1) is 13.4. The quantitative estimate of drug-likeness (QED) is 0.856. The highest BCUT2D eigenvalue weighted by Crippen LogP contribution is 2.34. The second-order valence-corrected chi connectivity index (χ2v) is 4.06. The average Bonchev–Trinajstić information content (AvgIpc) is 2.27. The lowest BCUT2D eigenvalue weighted by Gasteiger charge is -2.17. The number of carbonyl (C=O) groups is 1. The van der Waals surface area contributed by atoms with E-state index in [2.05, 4.69) is 0 Å². The second-order valence-electron chi connectivity index (χ2n) is 4.06. The lowest BCUT2D eigenvalue weighted by Crippen LogP contribution is -2.05. The van der Waals surface area contributed by atoms with Gasteiger partial charge in [-0.3, -0.25) is 4.79 Å². The fraction of sp³-hybridized carbons (Fsp3) is 0.462. The van der Waals surface area contributed by atoms with Gasteiger partial charge in [0.2, 0.25) is 0 Å². The van der Waals surface area contributed by atoms with Crippen molar-refractivity contribution in [3.63, 3.8) is 0 Å². The zero-order chi connectivity index (χ0) is 13.0. The summed E-state index contributed by atoms with van der Waals surface area (Å²) in [7, 11) is 3.18. The molecule has 94 valence electrons. The molecule has 0 aliphatic heterocycles. The predicted octanol–water partition coefficient (Wildman–Crippen LogP) is 2.59. The van der Waals surface area contributed by atoms with Crippen molar-refractivity contribution < 1.29 is 19.4 Å². The Kier molecular flexibility index (Phi) is 4.37. The van der Waals surface area contributed by atoms with Crippen molar-refractivity contribution in [2.75, 3.05) is 14.2 Å². The molecule has 1 N–H and O–H groups in total. The Bertz CT molecular complexity index is 412. The van der Waals surface area contributed by atoms with Gasteiger partial charge in [0.1, 0.15) is 11.5 Å². The van der Waals surface area contributed by atoms with E-state index in [0.29, 0.717) is 5.75 Å². The second kappa shape index (κ2) is 5.57. The summed E-state index contributed by atoms with van der Waals surface area (Å²) in [6.45, 7) is 3.79. The van der Waals surface area contributed by atoms with Gasteiger partial charge in [-0.25, -0.2) is 0 Å². The van der Waals surface area contributed by atoms with E-state index < -0.39 is 5.97 Å². The number of methoxy groups -OCH3 is 2. The van der Waals surface area contributed by atoms with E-state index in [0.717, 1.165) is 16.9 Å². The largest absolute Gasteiger partial charge is 0.496 e. The number of hydrogen-bond acceptors (Lipinski definition) is 3. The fourth-order valence-electron chi connectivity index (χ4n) is 1.83. The molecule has 0 aliphatic rings. The third kappa shape index (κ3) is 3.12. The molecule has 0 saturated carbocycles. The van der Waals surface area contributed by atoms with Gasteiger partial charge in [-0.2, -0.15) is 0 Å². The molecule has 4 nitrogen and oxygen atoms in total. The Labute approximate surface area is 101 Å². The summed E-state index contributed by atoms with van der Waals surface area (Å²) in [4.78, 5) is 10.7. The lowest BCUT2D eigenvalue weighted by molar-refractivity contribution is -0.137. The van der Waals surface area contributed by atoms with Crippen LogP contribution in [-0.2, 0) is 4.79 Å². The van der Waals surface area contributed by atoms with Crippen molar-refractivity contribution in [1.82, 2.24) is 0 Å². The zero-order valence-electron chi connectivity index (χ0n) is 10.6. The van der Waals surface area contributed by atoms with E-state index in [9.17, 15) is 4.79 Å². The highest BCUT2D eigenvalue weighted by molar-refractivity contribution is 5.68. The van der Waals surface area contributed by atoms with Crippen LogP contribution >= 0.6 is 0 Å². The number of benzene rings is 1. The monoisotopic (exact) mass is 238 g/mol. The minimum atomic E-state index is -0.820. The van der Waals surface area contributed by atoms with Crippen molar-refractivity contribution in [2.24, 2.45) is 0 Å². The fourth-order valence-corrected chi connectivity index (χ4v) is 1.83. The molecule has 0 saturated heterocycles. The SMILES string of the molecule is COc1cc([C@H](C)CC(=O)O)c(OC)cc1C. The molecule has 1 rings (SSSR count). The maximum absolute atomic E-state index is 10.7. The number of aliphatic carboxylic acids is 1. The van der Waals surface area contributed by atoms with Gasteiger partial charge in [0.05, 0.1) is 20.6 Å². The molecule has 0 aromatic heterocycles. The van der Waals surface area contributed by atoms with Gasteiger partial charge in [0.15, 0.2) is 0 Å². The molecule has 17 heavy (non-hydrogen) atoms. The van der Waals surface area contributed by atoms with Gasteiger partial charge in [-0.05, 0) is 30.5 Å². The van der Waals surface area contributed by atoms with Gasteiger partial charge in [0.25, 0.3) is 0 Å². The minimum absolute atomic E-state index is 0.0720. The number of carboxylic acids is 1. The summed E-state index contributed by atoms with van der Waals surface area (Å²) >= 11 is 0. The lowest BCUT2D eigenvalue weighted by atomic mass is 9.95. The molecule has 0 aliphatic carbocycles. The van der Waals surface area contributed by atoms with E-state index in [1.807, 2.05) is 26.0 Å². The Morgan fingerprint density at radius 3 is 2.35 bits per heavy atom.